The van der Waals surface area contributed by atoms with Gasteiger partial charge in [-0.25, -0.2) is 0 Å². The molecule has 0 bridgehead atoms. The second-order valence-corrected chi connectivity index (χ2v) is 17.7. The molecule has 0 rings (SSSR count). The van der Waals surface area contributed by atoms with Crippen LogP contribution in [0, 0.1) is 0 Å². The number of allylic oxidation sites excluding steroid dienone is 16. The molecule has 8 nitrogen and oxygen atoms in total. The number of likely N-dealkylation sites (N-methyl/N-ethyl adjacent to an activating group) is 1. The summed E-state index contributed by atoms with van der Waals surface area (Å²) < 4.78 is 17.2. The van der Waals surface area contributed by atoms with Crippen LogP contribution in [0.1, 0.15) is 187 Å². The SMILES string of the molecule is CC/C=C/C/C=C/C/C=C/C/C=C/C/C=C/C/C=C/C/C=C/CCCC(=O)OC(COCCC(C(=O)[O-])[N+](C)(C)C)COC(=O)CCCCCCCCC/C=C/CCCCCCCC. The largest absolute Gasteiger partial charge is 0.544 e. The number of rotatable bonds is 44. The van der Waals surface area contributed by atoms with E-state index < -0.39 is 18.1 Å². The maximum Gasteiger partial charge on any atom is 0.306 e. The van der Waals surface area contributed by atoms with E-state index in [1.54, 1.807) is 21.1 Å². The molecule has 0 N–H and O–H groups in total. The van der Waals surface area contributed by atoms with Crippen molar-refractivity contribution in [3.63, 3.8) is 0 Å². The minimum Gasteiger partial charge on any atom is -0.544 e. The van der Waals surface area contributed by atoms with Gasteiger partial charge in [0.1, 0.15) is 12.6 Å². The molecule has 0 heterocycles. The molecule has 364 valence electrons. The molecule has 8 heteroatoms. The van der Waals surface area contributed by atoms with Gasteiger partial charge in [-0.15, -0.1) is 0 Å². The Labute approximate surface area is 392 Å². The van der Waals surface area contributed by atoms with E-state index in [0.29, 0.717) is 12.8 Å². The minimum atomic E-state index is -1.14. The highest BCUT2D eigenvalue weighted by atomic mass is 16.6. The van der Waals surface area contributed by atoms with E-state index in [-0.39, 0.29) is 49.1 Å². The number of nitrogens with zero attached hydrogens (tertiary/aromatic N) is 1. The number of carbonyl (C=O) groups excluding carboxylic acids is 3. The van der Waals surface area contributed by atoms with Crippen molar-refractivity contribution in [2.24, 2.45) is 0 Å². The molecule has 0 aromatic carbocycles. The van der Waals surface area contributed by atoms with Crippen LogP contribution < -0.4 is 5.11 Å². The van der Waals surface area contributed by atoms with E-state index in [9.17, 15) is 19.5 Å². The van der Waals surface area contributed by atoms with E-state index in [1.165, 1.54) is 77.0 Å². The highest BCUT2D eigenvalue weighted by molar-refractivity contribution is 5.70. The van der Waals surface area contributed by atoms with Crippen LogP contribution in [0.3, 0.4) is 0 Å². The summed E-state index contributed by atoms with van der Waals surface area (Å²) in [6.45, 7) is 4.47. The van der Waals surface area contributed by atoms with Crippen molar-refractivity contribution in [1.29, 1.82) is 0 Å². The van der Waals surface area contributed by atoms with Crippen molar-refractivity contribution in [2.45, 2.75) is 199 Å². The number of ether oxygens (including phenoxy) is 3. The van der Waals surface area contributed by atoms with Gasteiger partial charge in [0, 0.05) is 19.3 Å². The maximum atomic E-state index is 12.8. The molecule has 0 amide bonds. The molecule has 2 atom stereocenters. The number of carboxylic acid groups (broad SMARTS) is 1. The van der Waals surface area contributed by atoms with E-state index in [2.05, 4.69) is 111 Å². The first-order valence-corrected chi connectivity index (χ1v) is 25.3. The lowest BCUT2D eigenvalue weighted by molar-refractivity contribution is -0.889. The fraction of sp³-hybridized carbons (Fsp3) is 0.661. The number of carbonyl (C=O) groups is 3. The standard InChI is InChI=1S/C56H93NO7/c1-6-8-10-12-14-16-18-20-22-24-25-26-27-28-29-31-33-35-37-39-41-43-45-47-55(59)64-52(50-62-49-48-53(56(60)61)57(3,4)5)51-63-54(58)46-44-42-40-38-36-34-32-30-23-21-19-17-15-13-11-9-7-2/h8,10,14,16,20-23,25-26,28-29,33,35,39,41,52-53H,6-7,9,11-13,15,17-19,24,27,30-32,34,36-38,40,42-51H2,1-5H3/b10-8+,16-14+,22-20+,23-21+,26-25+,29-28+,35-33+,41-39+. The van der Waals surface area contributed by atoms with E-state index >= 15 is 0 Å². The van der Waals surface area contributed by atoms with Gasteiger partial charge in [-0.05, 0) is 89.9 Å². The molecule has 0 aliphatic heterocycles. The number of quaternary nitrogens is 1. The summed E-state index contributed by atoms with van der Waals surface area (Å²) in [6.07, 6.45) is 61.6. The minimum absolute atomic E-state index is 0.0106. The summed E-state index contributed by atoms with van der Waals surface area (Å²) in [7, 11) is 5.38. The Bertz CT molecular complexity index is 1360. The number of hydrogen-bond donors (Lipinski definition) is 0. The lowest BCUT2D eigenvalue weighted by Gasteiger charge is -2.34. The molecule has 0 spiro atoms. The summed E-state index contributed by atoms with van der Waals surface area (Å²) in [4.78, 5) is 37.0. The van der Waals surface area contributed by atoms with Gasteiger partial charge < -0.3 is 28.6 Å². The first-order valence-electron chi connectivity index (χ1n) is 25.3. The molecule has 0 aliphatic carbocycles. The first kappa shape index (κ1) is 60.2. The van der Waals surface area contributed by atoms with Gasteiger partial charge in [-0.1, -0.05) is 175 Å². The second kappa shape index (κ2) is 45.8. The van der Waals surface area contributed by atoms with E-state index in [1.807, 2.05) is 0 Å². The molecular weight excluding hydrogens is 799 g/mol. The Balaban J connectivity index is 4.41. The van der Waals surface area contributed by atoms with Gasteiger partial charge in [-0.3, -0.25) is 9.59 Å². The topological polar surface area (TPSA) is 102 Å². The number of unbranched alkanes of at least 4 members (excludes halogenated alkanes) is 14. The Morgan fingerprint density at radius 1 is 0.484 bits per heavy atom. The predicted molar refractivity (Wildman–Crippen MR) is 268 cm³/mol. The molecule has 0 saturated carbocycles. The number of carboxylic acids is 1. The van der Waals surface area contributed by atoms with Crippen molar-refractivity contribution in [1.82, 2.24) is 0 Å². The van der Waals surface area contributed by atoms with Crippen LogP contribution in [-0.2, 0) is 28.6 Å². The molecular formula is C56H93NO7. The van der Waals surface area contributed by atoms with Gasteiger partial charge in [-0.2, -0.15) is 0 Å². The van der Waals surface area contributed by atoms with Crippen LogP contribution in [0.5, 0.6) is 0 Å². The Hall–Kier alpha value is -3.75. The number of hydrogen-bond acceptors (Lipinski definition) is 7. The zero-order valence-electron chi connectivity index (χ0n) is 41.4. The quantitative estimate of drug-likeness (QED) is 0.0260. The third-order valence-corrected chi connectivity index (χ3v) is 10.7. The zero-order valence-corrected chi connectivity index (χ0v) is 41.4. The summed E-state index contributed by atoms with van der Waals surface area (Å²) in [5, 5.41) is 11.7. The molecule has 0 aromatic heterocycles. The smallest absolute Gasteiger partial charge is 0.306 e. The normalized spacial score (nSPS) is 13.7. The Morgan fingerprint density at radius 2 is 0.891 bits per heavy atom. The molecule has 2 unspecified atom stereocenters. The molecule has 64 heavy (non-hydrogen) atoms. The van der Waals surface area contributed by atoms with Crippen LogP contribution in [0.15, 0.2) is 97.2 Å². The molecule has 0 saturated heterocycles. The second-order valence-electron chi connectivity index (χ2n) is 17.7. The fourth-order valence-corrected chi connectivity index (χ4v) is 6.82. The summed E-state index contributed by atoms with van der Waals surface area (Å²) in [5.74, 6) is -1.83. The van der Waals surface area contributed by atoms with Crippen molar-refractivity contribution in [3.05, 3.63) is 97.2 Å². The first-order chi connectivity index (χ1) is 31.1. The molecule has 0 fully saturated rings. The summed E-state index contributed by atoms with van der Waals surface area (Å²) >= 11 is 0. The van der Waals surface area contributed by atoms with Crippen LogP contribution in [0.25, 0.3) is 0 Å². The zero-order chi connectivity index (χ0) is 47.0. The van der Waals surface area contributed by atoms with Gasteiger partial charge in [0.25, 0.3) is 0 Å². The van der Waals surface area contributed by atoms with Crippen LogP contribution in [-0.4, -0.2) is 75.5 Å². The van der Waals surface area contributed by atoms with E-state index in [0.717, 1.165) is 70.6 Å². The Morgan fingerprint density at radius 3 is 1.36 bits per heavy atom. The monoisotopic (exact) mass is 892 g/mol. The van der Waals surface area contributed by atoms with Gasteiger partial charge in [0.15, 0.2) is 6.10 Å². The maximum absolute atomic E-state index is 12.8. The van der Waals surface area contributed by atoms with Crippen molar-refractivity contribution < 1.29 is 38.2 Å². The summed E-state index contributed by atoms with van der Waals surface area (Å²) in [6, 6.07) is -0.743. The van der Waals surface area contributed by atoms with Crippen molar-refractivity contribution in [3.8, 4) is 0 Å². The number of aliphatic carboxylic acids is 1. The van der Waals surface area contributed by atoms with Gasteiger partial charge in [0.05, 0.1) is 40.3 Å². The molecule has 0 aromatic rings. The van der Waals surface area contributed by atoms with E-state index in [4.69, 9.17) is 14.2 Å². The van der Waals surface area contributed by atoms with Crippen LogP contribution in [0.4, 0.5) is 0 Å². The Kier molecular flexibility index (Phi) is 43.1. The third kappa shape index (κ3) is 43.5. The summed E-state index contributed by atoms with van der Waals surface area (Å²) in [5.41, 5.74) is 0. The predicted octanol–water partition coefficient (Wildman–Crippen LogP) is 13.3. The highest BCUT2D eigenvalue weighted by Crippen LogP contribution is 2.13. The average Bonchev–Trinajstić information content (AvgIpc) is 3.26. The lowest BCUT2D eigenvalue weighted by Crippen LogP contribution is -2.55. The van der Waals surface area contributed by atoms with Gasteiger partial charge in [0.2, 0.25) is 0 Å². The van der Waals surface area contributed by atoms with Gasteiger partial charge >= 0.3 is 11.9 Å². The van der Waals surface area contributed by atoms with Crippen molar-refractivity contribution in [2.75, 3.05) is 41.0 Å². The van der Waals surface area contributed by atoms with Crippen molar-refractivity contribution >= 4 is 17.9 Å². The van der Waals surface area contributed by atoms with Crippen LogP contribution >= 0.6 is 0 Å². The fourth-order valence-electron chi connectivity index (χ4n) is 6.82. The molecule has 0 aliphatic rings. The third-order valence-electron chi connectivity index (χ3n) is 10.7. The number of esters is 2. The highest BCUT2D eigenvalue weighted by Gasteiger charge is 2.25. The lowest BCUT2D eigenvalue weighted by atomic mass is 10.1. The molecule has 0 radical (unpaired) electrons. The van der Waals surface area contributed by atoms with Crippen LogP contribution in [0.2, 0.25) is 0 Å². The average molecular weight is 892 g/mol.